The van der Waals surface area contributed by atoms with Crippen molar-refractivity contribution in [3.05, 3.63) is 66.0 Å². The lowest BCUT2D eigenvalue weighted by Crippen LogP contribution is -2.57. The van der Waals surface area contributed by atoms with Gasteiger partial charge in [0.2, 0.25) is 0 Å². The molecule has 21 heavy (non-hydrogen) atoms. The van der Waals surface area contributed by atoms with Crippen LogP contribution in [0.3, 0.4) is 0 Å². The van der Waals surface area contributed by atoms with Gasteiger partial charge < -0.3 is 5.32 Å². The first kappa shape index (κ1) is 14.2. The summed E-state index contributed by atoms with van der Waals surface area (Å²) in [5, 5.41) is 3.69. The third-order valence-corrected chi connectivity index (χ3v) is 4.58. The maximum atomic E-state index is 4.12. The topological polar surface area (TPSA) is 28.2 Å². The number of aromatic nitrogens is 1. The van der Waals surface area contributed by atoms with E-state index in [1.807, 2.05) is 12.4 Å². The Balaban J connectivity index is 1.80. The second-order valence-electron chi connectivity index (χ2n) is 6.05. The Kier molecular flexibility index (Phi) is 4.04. The van der Waals surface area contributed by atoms with E-state index in [-0.39, 0.29) is 5.54 Å². The van der Waals surface area contributed by atoms with Crippen molar-refractivity contribution < 1.29 is 0 Å². The minimum Gasteiger partial charge on any atom is -0.305 e. The highest BCUT2D eigenvalue weighted by molar-refractivity contribution is 5.25. The maximum absolute atomic E-state index is 4.12. The fourth-order valence-electron chi connectivity index (χ4n) is 3.20. The largest absolute Gasteiger partial charge is 0.305 e. The summed E-state index contributed by atoms with van der Waals surface area (Å²) in [5.74, 6) is 0. The Bertz CT molecular complexity index is 570. The van der Waals surface area contributed by atoms with E-state index in [1.165, 1.54) is 11.1 Å². The maximum Gasteiger partial charge on any atom is 0.0535 e. The molecule has 0 spiro atoms. The zero-order valence-corrected chi connectivity index (χ0v) is 12.8. The van der Waals surface area contributed by atoms with Gasteiger partial charge in [0.05, 0.1) is 5.54 Å². The Morgan fingerprint density at radius 2 is 1.86 bits per heavy atom. The summed E-state index contributed by atoms with van der Waals surface area (Å²) >= 11 is 0. The minimum absolute atomic E-state index is 0.0147. The van der Waals surface area contributed by atoms with Gasteiger partial charge in [-0.1, -0.05) is 30.3 Å². The predicted octanol–water partition coefficient (Wildman–Crippen LogP) is 2.96. The van der Waals surface area contributed by atoms with Crippen LogP contribution in [0.4, 0.5) is 0 Å². The van der Waals surface area contributed by atoms with Crippen LogP contribution < -0.4 is 5.32 Å². The van der Waals surface area contributed by atoms with Gasteiger partial charge in [0.25, 0.3) is 0 Å². The number of nitrogens with one attached hydrogen (secondary N) is 1. The second-order valence-corrected chi connectivity index (χ2v) is 6.05. The van der Waals surface area contributed by atoms with E-state index in [9.17, 15) is 0 Å². The van der Waals surface area contributed by atoms with Crippen LogP contribution in [0.1, 0.15) is 31.0 Å². The molecule has 1 aromatic carbocycles. The highest BCUT2D eigenvalue weighted by Gasteiger charge is 2.34. The van der Waals surface area contributed by atoms with Crippen LogP contribution in [0.25, 0.3) is 0 Å². The van der Waals surface area contributed by atoms with Gasteiger partial charge in [0.1, 0.15) is 0 Å². The Morgan fingerprint density at radius 3 is 2.57 bits per heavy atom. The molecule has 1 N–H and O–H groups in total. The Hall–Kier alpha value is -1.71. The molecule has 2 unspecified atom stereocenters. The summed E-state index contributed by atoms with van der Waals surface area (Å²) < 4.78 is 0. The molecule has 1 aliphatic heterocycles. The average Bonchev–Trinajstić information content (AvgIpc) is 2.56. The SMILES string of the molecule is CC(c1ccncc1)N1CCNC(C)(c2ccccc2)C1. The minimum atomic E-state index is 0.0147. The summed E-state index contributed by atoms with van der Waals surface area (Å²) in [6, 6.07) is 15.4. The first-order valence-electron chi connectivity index (χ1n) is 7.63. The van der Waals surface area contributed by atoms with Gasteiger partial charge in [-0.25, -0.2) is 0 Å². The standard InChI is InChI=1S/C18H23N3/c1-15(16-8-10-19-11-9-16)21-13-12-20-18(2,14-21)17-6-4-3-5-7-17/h3-11,15,20H,12-14H2,1-2H3. The number of pyridine rings is 1. The van der Waals surface area contributed by atoms with Crippen molar-refractivity contribution in [1.82, 2.24) is 15.2 Å². The lowest BCUT2D eigenvalue weighted by molar-refractivity contribution is 0.106. The van der Waals surface area contributed by atoms with Gasteiger partial charge in [-0.15, -0.1) is 0 Å². The van der Waals surface area contributed by atoms with E-state index >= 15 is 0 Å². The van der Waals surface area contributed by atoms with Crippen LogP contribution in [0, 0.1) is 0 Å². The molecule has 0 amide bonds. The lowest BCUT2D eigenvalue weighted by Gasteiger charge is -2.44. The Morgan fingerprint density at radius 1 is 1.14 bits per heavy atom. The summed E-state index contributed by atoms with van der Waals surface area (Å²) in [7, 11) is 0. The van der Waals surface area contributed by atoms with E-state index in [4.69, 9.17) is 0 Å². The second kappa shape index (κ2) is 5.96. The van der Waals surface area contributed by atoms with Crippen LogP contribution in [0.5, 0.6) is 0 Å². The van der Waals surface area contributed by atoms with Crippen LogP contribution in [0.2, 0.25) is 0 Å². The van der Waals surface area contributed by atoms with Crippen LogP contribution in [-0.4, -0.2) is 29.5 Å². The summed E-state index contributed by atoms with van der Waals surface area (Å²) in [4.78, 5) is 6.67. The van der Waals surface area contributed by atoms with Crippen molar-refractivity contribution in [1.29, 1.82) is 0 Å². The molecule has 1 fully saturated rings. The zero-order chi connectivity index (χ0) is 14.7. The van der Waals surface area contributed by atoms with E-state index in [0.29, 0.717) is 6.04 Å². The van der Waals surface area contributed by atoms with E-state index in [0.717, 1.165) is 19.6 Å². The van der Waals surface area contributed by atoms with Crippen molar-refractivity contribution in [2.24, 2.45) is 0 Å². The van der Waals surface area contributed by atoms with Crippen molar-refractivity contribution >= 4 is 0 Å². The smallest absolute Gasteiger partial charge is 0.0535 e. The molecule has 3 heteroatoms. The summed E-state index contributed by atoms with van der Waals surface area (Å²) in [6.07, 6.45) is 3.76. The average molecular weight is 281 g/mol. The molecule has 2 atom stereocenters. The molecular weight excluding hydrogens is 258 g/mol. The lowest BCUT2D eigenvalue weighted by atomic mass is 9.88. The summed E-state index contributed by atoms with van der Waals surface area (Å²) in [6.45, 7) is 7.69. The van der Waals surface area contributed by atoms with Gasteiger partial charge in [-0.2, -0.15) is 0 Å². The Labute approximate surface area is 127 Å². The molecule has 0 bridgehead atoms. The van der Waals surface area contributed by atoms with E-state index in [1.54, 1.807) is 0 Å². The molecular formula is C18H23N3. The molecule has 1 aromatic heterocycles. The van der Waals surface area contributed by atoms with Gasteiger partial charge in [-0.05, 0) is 37.1 Å². The highest BCUT2D eigenvalue weighted by atomic mass is 15.2. The number of hydrogen-bond acceptors (Lipinski definition) is 3. The van der Waals surface area contributed by atoms with Gasteiger partial charge in [0.15, 0.2) is 0 Å². The van der Waals surface area contributed by atoms with Gasteiger partial charge in [-0.3, -0.25) is 9.88 Å². The molecule has 2 aromatic rings. The molecule has 0 saturated carbocycles. The van der Waals surface area contributed by atoms with Crippen molar-refractivity contribution in [2.75, 3.05) is 19.6 Å². The van der Waals surface area contributed by atoms with Crippen LogP contribution in [0.15, 0.2) is 54.9 Å². The molecule has 0 radical (unpaired) electrons. The van der Waals surface area contributed by atoms with E-state index in [2.05, 4.69) is 71.5 Å². The molecule has 1 saturated heterocycles. The quantitative estimate of drug-likeness (QED) is 0.937. The van der Waals surface area contributed by atoms with Gasteiger partial charge >= 0.3 is 0 Å². The fraction of sp³-hybridized carbons (Fsp3) is 0.389. The summed E-state index contributed by atoms with van der Waals surface area (Å²) in [5.41, 5.74) is 2.71. The molecule has 1 aliphatic rings. The number of rotatable bonds is 3. The first-order valence-corrected chi connectivity index (χ1v) is 7.63. The monoisotopic (exact) mass is 281 g/mol. The zero-order valence-electron chi connectivity index (χ0n) is 12.8. The normalized spacial score (nSPS) is 24.7. The third-order valence-electron chi connectivity index (χ3n) is 4.58. The first-order chi connectivity index (χ1) is 10.2. The van der Waals surface area contributed by atoms with Crippen LogP contribution >= 0.6 is 0 Å². The van der Waals surface area contributed by atoms with Gasteiger partial charge in [0, 0.05) is 38.1 Å². The van der Waals surface area contributed by atoms with Crippen molar-refractivity contribution in [3.63, 3.8) is 0 Å². The predicted molar refractivity (Wildman–Crippen MR) is 86.0 cm³/mol. The fourth-order valence-corrected chi connectivity index (χ4v) is 3.20. The van der Waals surface area contributed by atoms with Crippen molar-refractivity contribution in [3.8, 4) is 0 Å². The van der Waals surface area contributed by atoms with Crippen LogP contribution in [-0.2, 0) is 5.54 Å². The third kappa shape index (κ3) is 2.99. The van der Waals surface area contributed by atoms with Crippen molar-refractivity contribution in [2.45, 2.75) is 25.4 Å². The highest BCUT2D eigenvalue weighted by Crippen LogP contribution is 2.29. The number of benzene rings is 1. The number of nitrogens with zero attached hydrogens (tertiary/aromatic N) is 2. The molecule has 0 aliphatic carbocycles. The number of hydrogen-bond donors (Lipinski definition) is 1. The molecule has 3 rings (SSSR count). The molecule has 110 valence electrons. The molecule has 3 nitrogen and oxygen atoms in total. The number of piperazine rings is 1. The molecule has 2 heterocycles. The van der Waals surface area contributed by atoms with E-state index < -0.39 is 0 Å².